The van der Waals surface area contributed by atoms with E-state index in [-0.39, 0.29) is 15.8 Å². The maximum absolute atomic E-state index is 5.38. The van der Waals surface area contributed by atoms with Gasteiger partial charge in [-0.2, -0.15) is 0 Å². The SMILES string of the molecule is NCC[AsH]c1ccccn1. The van der Waals surface area contributed by atoms with Crippen LogP contribution in [0.25, 0.3) is 0 Å². The third-order valence-electron chi connectivity index (χ3n) is 1.12. The minimum atomic E-state index is -0.0331. The van der Waals surface area contributed by atoms with Gasteiger partial charge in [-0.3, -0.25) is 0 Å². The van der Waals surface area contributed by atoms with Crippen LogP contribution in [0.1, 0.15) is 0 Å². The molecule has 3 heteroatoms. The average molecular weight is 198 g/mol. The van der Waals surface area contributed by atoms with E-state index in [1.54, 1.807) is 0 Å². The molecule has 1 unspecified atom stereocenters. The van der Waals surface area contributed by atoms with E-state index >= 15 is 0 Å². The van der Waals surface area contributed by atoms with Crippen LogP contribution in [0.5, 0.6) is 0 Å². The predicted octanol–water partition coefficient (Wildman–Crippen LogP) is -0.480. The summed E-state index contributed by atoms with van der Waals surface area (Å²) < 4.78 is 1.26. The van der Waals surface area contributed by atoms with Crippen molar-refractivity contribution < 1.29 is 0 Å². The van der Waals surface area contributed by atoms with E-state index in [4.69, 9.17) is 5.73 Å². The molecule has 0 amide bonds. The summed E-state index contributed by atoms with van der Waals surface area (Å²) >= 11 is -0.0331. The molecule has 0 aliphatic carbocycles. The Morgan fingerprint density at radius 1 is 1.50 bits per heavy atom. The van der Waals surface area contributed by atoms with Gasteiger partial charge in [0.15, 0.2) is 0 Å². The van der Waals surface area contributed by atoms with Gasteiger partial charge in [0.25, 0.3) is 0 Å². The molecule has 54 valence electrons. The molecule has 1 heterocycles. The van der Waals surface area contributed by atoms with Crippen molar-refractivity contribution in [1.29, 1.82) is 0 Å². The Balaban J connectivity index is 2.43. The summed E-state index contributed by atoms with van der Waals surface area (Å²) in [4.78, 5) is 4.22. The number of nitrogens with zero attached hydrogens (tertiary/aromatic N) is 1. The second kappa shape index (κ2) is 4.48. The molecular formula is C7H11AsN2. The zero-order valence-corrected chi connectivity index (χ0v) is 7.85. The number of hydrogen-bond acceptors (Lipinski definition) is 2. The van der Waals surface area contributed by atoms with Gasteiger partial charge in [0.05, 0.1) is 0 Å². The molecule has 2 nitrogen and oxygen atoms in total. The average Bonchev–Trinajstić information content (AvgIpc) is 2.03. The molecule has 0 bridgehead atoms. The number of rotatable bonds is 3. The Labute approximate surface area is 67.5 Å². The van der Waals surface area contributed by atoms with Crippen LogP contribution in [0.4, 0.5) is 0 Å². The van der Waals surface area contributed by atoms with Crippen molar-refractivity contribution in [2.24, 2.45) is 5.73 Å². The minimum absolute atomic E-state index is 0.0331. The topological polar surface area (TPSA) is 38.9 Å². The molecule has 0 saturated carbocycles. The molecule has 10 heavy (non-hydrogen) atoms. The van der Waals surface area contributed by atoms with E-state index in [9.17, 15) is 0 Å². The van der Waals surface area contributed by atoms with E-state index in [1.807, 2.05) is 18.3 Å². The third-order valence-corrected chi connectivity index (χ3v) is 3.63. The number of hydrogen-bond donors (Lipinski definition) is 1. The van der Waals surface area contributed by atoms with Gasteiger partial charge in [-0.05, 0) is 0 Å². The van der Waals surface area contributed by atoms with Gasteiger partial charge in [-0.25, -0.2) is 0 Å². The van der Waals surface area contributed by atoms with Gasteiger partial charge < -0.3 is 0 Å². The van der Waals surface area contributed by atoms with Crippen molar-refractivity contribution in [3.05, 3.63) is 24.4 Å². The molecule has 2 N–H and O–H groups in total. The first kappa shape index (κ1) is 7.77. The van der Waals surface area contributed by atoms with E-state index in [0.29, 0.717) is 0 Å². The first-order valence-corrected chi connectivity index (χ1v) is 5.81. The first-order chi connectivity index (χ1) is 4.93. The molecule has 0 spiro atoms. The van der Waals surface area contributed by atoms with E-state index < -0.39 is 0 Å². The monoisotopic (exact) mass is 198 g/mol. The Bertz CT molecular complexity index is 176. The van der Waals surface area contributed by atoms with Gasteiger partial charge in [0, 0.05) is 0 Å². The summed E-state index contributed by atoms with van der Waals surface area (Å²) in [6.45, 7) is 0.802. The Morgan fingerprint density at radius 2 is 2.40 bits per heavy atom. The predicted molar refractivity (Wildman–Crippen MR) is 44.9 cm³/mol. The van der Waals surface area contributed by atoms with Crippen molar-refractivity contribution in [3.8, 4) is 0 Å². The first-order valence-electron chi connectivity index (χ1n) is 3.28. The fourth-order valence-corrected chi connectivity index (χ4v) is 2.30. The van der Waals surface area contributed by atoms with Crippen LogP contribution in [0, 0.1) is 0 Å². The summed E-state index contributed by atoms with van der Waals surface area (Å²) in [6.07, 6.45) is 1.84. The molecular weight excluding hydrogens is 187 g/mol. The van der Waals surface area contributed by atoms with Crippen molar-refractivity contribution >= 4 is 20.2 Å². The van der Waals surface area contributed by atoms with Crippen LogP contribution in [-0.2, 0) is 0 Å². The Morgan fingerprint density at radius 3 is 3.00 bits per heavy atom. The summed E-state index contributed by atoms with van der Waals surface area (Å²) in [5.74, 6) is 0. The van der Waals surface area contributed by atoms with Crippen LogP contribution in [0.2, 0.25) is 5.21 Å². The van der Waals surface area contributed by atoms with Gasteiger partial charge >= 0.3 is 67.1 Å². The van der Waals surface area contributed by atoms with E-state index in [2.05, 4.69) is 11.1 Å². The van der Waals surface area contributed by atoms with Crippen LogP contribution in [0.3, 0.4) is 0 Å². The van der Waals surface area contributed by atoms with Gasteiger partial charge in [-0.1, -0.05) is 0 Å². The molecule has 1 atom stereocenters. The summed E-state index contributed by atoms with van der Waals surface area (Å²) in [7, 11) is 0. The maximum atomic E-state index is 5.38. The van der Waals surface area contributed by atoms with Crippen molar-refractivity contribution in [3.63, 3.8) is 0 Å². The summed E-state index contributed by atoms with van der Waals surface area (Å²) in [5, 5.41) is 1.15. The van der Waals surface area contributed by atoms with Crippen LogP contribution >= 0.6 is 0 Å². The van der Waals surface area contributed by atoms with Crippen LogP contribution < -0.4 is 10.2 Å². The fraction of sp³-hybridized carbons (Fsp3) is 0.286. The molecule has 1 aromatic heterocycles. The molecule has 0 aliphatic heterocycles. The normalized spacial score (nSPS) is 10.9. The number of pyridine rings is 1. The summed E-state index contributed by atoms with van der Waals surface area (Å²) in [5.41, 5.74) is 5.38. The Kier molecular flexibility index (Phi) is 3.48. The molecule has 0 radical (unpaired) electrons. The summed E-state index contributed by atoms with van der Waals surface area (Å²) in [6, 6.07) is 6.05. The molecule has 0 aliphatic rings. The van der Waals surface area contributed by atoms with Crippen molar-refractivity contribution in [2.45, 2.75) is 5.21 Å². The van der Waals surface area contributed by atoms with Gasteiger partial charge in [0.1, 0.15) is 0 Å². The zero-order valence-electron chi connectivity index (χ0n) is 5.75. The quantitative estimate of drug-likeness (QED) is 0.666. The van der Waals surface area contributed by atoms with E-state index in [0.717, 1.165) is 11.8 Å². The van der Waals surface area contributed by atoms with Crippen LogP contribution in [-0.4, -0.2) is 27.3 Å². The molecule has 0 aromatic carbocycles. The van der Waals surface area contributed by atoms with Gasteiger partial charge in [0.2, 0.25) is 0 Å². The standard InChI is InChI=1S/C7H11AsN2/c9-5-4-8-7-3-1-2-6-10-7/h1-3,6,8H,4-5,9H2. The van der Waals surface area contributed by atoms with Crippen molar-refractivity contribution in [2.75, 3.05) is 6.54 Å². The van der Waals surface area contributed by atoms with E-state index in [1.165, 1.54) is 4.48 Å². The number of nitrogens with two attached hydrogens (primary N) is 1. The zero-order chi connectivity index (χ0) is 7.23. The van der Waals surface area contributed by atoms with Crippen LogP contribution in [0.15, 0.2) is 24.4 Å². The van der Waals surface area contributed by atoms with Crippen molar-refractivity contribution in [1.82, 2.24) is 4.98 Å². The number of aromatic nitrogens is 1. The molecule has 1 rings (SSSR count). The van der Waals surface area contributed by atoms with Gasteiger partial charge in [-0.15, -0.1) is 0 Å². The second-order valence-electron chi connectivity index (χ2n) is 1.93. The molecule has 0 fully saturated rings. The molecule has 0 saturated heterocycles. The third kappa shape index (κ3) is 2.50. The second-order valence-corrected chi connectivity index (χ2v) is 4.80. The Hall–Kier alpha value is -0.332. The fourth-order valence-electron chi connectivity index (χ4n) is 0.668. The molecule has 1 aromatic rings.